The van der Waals surface area contributed by atoms with Crippen LogP contribution in [-0.4, -0.2) is 71.3 Å². The van der Waals surface area contributed by atoms with E-state index in [1.165, 1.54) is 20.6 Å². The van der Waals surface area contributed by atoms with Gasteiger partial charge in [0.15, 0.2) is 0 Å². The van der Waals surface area contributed by atoms with Crippen LogP contribution < -0.4 is 24.8 Å². The highest BCUT2D eigenvalue weighted by atomic mass is 32.1. The summed E-state index contributed by atoms with van der Waals surface area (Å²) in [6.07, 6.45) is 3.34. The number of aliphatic hydroxyl groups is 2. The number of hydrogen-bond donors (Lipinski definition) is 4. The van der Waals surface area contributed by atoms with Gasteiger partial charge in [-0.2, -0.15) is 0 Å². The first kappa shape index (κ1) is 35.1. The topological polar surface area (TPSA) is 130 Å². The molecule has 3 heterocycles. The molecule has 0 saturated carbocycles. The van der Waals surface area contributed by atoms with Gasteiger partial charge in [0.2, 0.25) is 0 Å². The number of amides is 2. The van der Waals surface area contributed by atoms with Crippen LogP contribution in [0.15, 0.2) is 89.4 Å². The van der Waals surface area contributed by atoms with Crippen molar-refractivity contribution in [1.29, 1.82) is 0 Å². The molecule has 3 aliphatic heterocycles. The summed E-state index contributed by atoms with van der Waals surface area (Å²) in [4.78, 5) is 30.7. The maximum atomic E-state index is 14.1. The van der Waals surface area contributed by atoms with E-state index in [0.717, 1.165) is 31.5 Å². The first-order chi connectivity index (χ1) is 24.2. The zero-order valence-corrected chi connectivity index (χ0v) is 29.7. The summed E-state index contributed by atoms with van der Waals surface area (Å²) in [5, 5.41) is 29.9. The molecule has 260 valence electrons. The number of piperidine rings is 1. The average Bonchev–Trinajstić information content (AvgIpc) is 3.11. The molecule has 0 radical (unpaired) electrons. The molecule has 3 aliphatic rings. The molecule has 1 fully saturated rings. The van der Waals surface area contributed by atoms with Crippen LogP contribution in [0.3, 0.4) is 0 Å². The molecule has 12 heteroatoms. The van der Waals surface area contributed by atoms with Crippen molar-refractivity contribution >= 4 is 46.2 Å². The summed E-state index contributed by atoms with van der Waals surface area (Å²) in [5.74, 6) is -3.83. The number of ether oxygens (including phenoxy) is 3. The molecule has 50 heavy (non-hydrogen) atoms. The number of benzene rings is 3. The van der Waals surface area contributed by atoms with Gasteiger partial charge in [0.05, 0.1) is 60.2 Å². The summed E-state index contributed by atoms with van der Waals surface area (Å²) >= 11 is 11.2. The normalized spacial score (nSPS) is 20.7. The lowest BCUT2D eigenvalue weighted by molar-refractivity contribution is -0.117. The Bertz CT molecular complexity index is 1820. The quantitative estimate of drug-likeness (QED) is 0.189. The highest BCUT2D eigenvalue weighted by Gasteiger charge is 2.46. The Kier molecular flexibility index (Phi) is 10.5. The Hall–Kier alpha value is -4.78. The van der Waals surface area contributed by atoms with Crippen LogP contribution in [0.4, 0.5) is 0 Å². The smallest absolute Gasteiger partial charge is 0.256 e. The van der Waals surface area contributed by atoms with Gasteiger partial charge in [0, 0.05) is 23.2 Å². The van der Waals surface area contributed by atoms with E-state index in [4.69, 9.17) is 38.6 Å². The van der Waals surface area contributed by atoms with Gasteiger partial charge >= 0.3 is 0 Å². The molecule has 0 aromatic heterocycles. The van der Waals surface area contributed by atoms with Crippen LogP contribution in [0.2, 0.25) is 0 Å². The Morgan fingerprint density at radius 2 is 1.20 bits per heavy atom. The van der Waals surface area contributed by atoms with Crippen LogP contribution in [0, 0.1) is 0 Å². The van der Waals surface area contributed by atoms with Crippen molar-refractivity contribution in [2.45, 2.75) is 43.6 Å². The van der Waals surface area contributed by atoms with Crippen LogP contribution in [-0.2, 0) is 16.1 Å². The predicted molar refractivity (Wildman–Crippen MR) is 197 cm³/mol. The SMILES string of the molecule is COc1ccc(C(C2=C(O)[C@H](c3ccccc3OC)C(=S)NC2=O)C2=C(O)[C@@H](c3ccccc3OC)C(=S)NC2=O)cc1CN1CCCCC1. The molecule has 10 nitrogen and oxygen atoms in total. The van der Waals surface area contributed by atoms with Crippen LogP contribution in [0.25, 0.3) is 0 Å². The Balaban J connectivity index is 1.61. The summed E-state index contributed by atoms with van der Waals surface area (Å²) in [5.41, 5.74) is 2.06. The van der Waals surface area contributed by atoms with Crippen molar-refractivity contribution in [1.82, 2.24) is 15.5 Å². The Morgan fingerprint density at radius 1 is 0.720 bits per heavy atom. The molecule has 6 rings (SSSR count). The second-order valence-electron chi connectivity index (χ2n) is 12.4. The highest BCUT2D eigenvalue weighted by Crippen LogP contribution is 2.46. The van der Waals surface area contributed by atoms with Gasteiger partial charge in [-0.1, -0.05) is 73.3 Å². The van der Waals surface area contributed by atoms with Crippen LogP contribution >= 0.6 is 24.4 Å². The number of nitrogens with one attached hydrogen (secondary N) is 2. The lowest BCUT2D eigenvalue weighted by atomic mass is 9.75. The Labute approximate surface area is 301 Å². The average molecular weight is 714 g/mol. The third kappa shape index (κ3) is 6.58. The van der Waals surface area contributed by atoms with E-state index in [9.17, 15) is 19.8 Å². The molecular formula is C38H39N3O7S2. The van der Waals surface area contributed by atoms with Crippen molar-refractivity contribution in [3.8, 4) is 17.2 Å². The zero-order chi connectivity index (χ0) is 35.5. The number of thiocarbonyl (C=S) groups is 2. The molecule has 4 N–H and O–H groups in total. The van der Waals surface area contributed by atoms with E-state index in [-0.39, 0.29) is 32.6 Å². The molecule has 3 aromatic rings. The highest BCUT2D eigenvalue weighted by molar-refractivity contribution is 7.80. The number of nitrogens with zero attached hydrogens (tertiary/aromatic N) is 1. The number of methoxy groups -OCH3 is 3. The molecule has 2 amide bonds. The maximum Gasteiger partial charge on any atom is 0.256 e. The number of likely N-dealkylation sites (tertiary alicyclic amines) is 1. The monoisotopic (exact) mass is 713 g/mol. The van der Waals surface area contributed by atoms with Gasteiger partial charge in [-0.25, -0.2) is 0 Å². The summed E-state index contributed by atoms with van der Waals surface area (Å²) in [6, 6.07) is 19.5. The van der Waals surface area contributed by atoms with Gasteiger partial charge in [-0.15, -0.1) is 0 Å². The molecule has 0 bridgehead atoms. The van der Waals surface area contributed by atoms with E-state index in [1.54, 1.807) is 67.8 Å². The second kappa shape index (κ2) is 15.0. The van der Waals surface area contributed by atoms with Crippen molar-refractivity contribution in [2.75, 3.05) is 34.4 Å². The molecule has 0 spiro atoms. The number of rotatable bonds is 10. The first-order valence-corrected chi connectivity index (χ1v) is 17.2. The fraction of sp³-hybridized carbons (Fsp3) is 0.316. The fourth-order valence-electron chi connectivity index (χ4n) is 7.18. The van der Waals surface area contributed by atoms with E-state index in [1.807, 2.05) is 6.07 Å². The molecule has 1 saturated heterocycles. The van der Waals surface area contributed by atoms with Gasteiger partial charge < -0.3 is 35.1 Å². The van der Waals surface area contributed by atoms with Crippen LogP contribution in [0.5, 0.6) is 17.2 Å². The third-order valence-corrected chi connectivity index (χ3v) is 10.2. The van der Waals surface area contributed by atoms with Crippen molar-refractivity contribution in [3.63, 3.8) is 0 Å². The number of para-hydroxylation sites is 2. The largest absolute Gasteiger partial charge is 0.511 e. The van der Waals surface area contributed by atoms with E-state index < -0.39 is 29.6 Å². The summed E-state index contributed by atoms with van der Waals surface area (Å²) in [7, 11) is 4.60. The lowest BCUT2D eigenvalue weighted by Gasteiger charge is -2.35. The standard InChI is InChI=1S/C38H39N3O7S2/c1-46-25-16-15-21(19-22(25)20-41-17-9-4-10-18-41)28(31-33(42)29(37(49)39-35(31)44)23-11-5-7-13-26(23)47-2)32-34(43)30(38(50)40-36(32)45)24-12-6-8-14-27(24)48-3/h5-8,11-16,19,28-30,42-43H,4,9-10,17-18,20H2,1-3H3,(H,39,44,49)(H,40,45,50)/t28?,29-,30+. The summed E-state index contributed by atoms with van der Waals surface area (Å²) in [6.45, 7) is 2.42. The minimum atomic E-state index is -1.26. The minimum absolute atomic E-state index is 0.0689. The van der Waals surface area contributed by atoms with E-state index in [0.29, 0.717) is 40.5 Å². The Morgan fingerprint density at radius 3 is 1.68 bits per heavy atom. The molecule has 3 atom stereocenters. The number of aliphatic hydroxyl groups excluding tert-OH is 2. The third-order valence-electron chi connectivity index (χ3n) is 9.54. The van der Waals surface area contributed by atoms with Crippen LogP contribution in [0.1, 0.15) is 59.3 Å². The van der Waals surface area contributed by atoms with Gasteiger partial charge in [-0.3, -0.25) is 14.5 Å². The van der Waals surface area contributed by atoms with E-state index in [2.05, 4.69) is 15.5 Å². The minimum Gasteiger partial charge on any atom is -0.511 e. The molecule has 1 unspecified atom stereocenters. The van der Waals surface area contributed by atoms with Crippen molar-refractivity contribution in [3.05, 3.63) is 112 Å². The number of carbonyl (C=O) groups is 2. The van der Waals surface area contributed by atoms with E-state index >= 15 is 0 Å². The molecule has 3 aromatic carbocycles. The van der Waals surface area contributed by atoms with Gasteiger partial charge in [0.25, 0.3) is 11.8 Å². The second-order valence-corrected chi connectivity index (χ2v) is 13.3. The predicted octanol–water partition coefficient (Wildman–Crippen LogP) is 5.89. The molecule has 0 aliphatic carbocycles. The van der Waals surface area contributed by atoms with Gasteiger partial charge in [0.1, 0.15) is 28.8 Å². The van der Waals surface area contributed by atoms with Crippen molar-refractivity contribution < 1.29 is 34.0 Å². The van der Waals surface area contributed by atoms with Crippen molar-refractivity contribution in [2.24, 2.45) is 0 Å². The fourth-order valence-corrected chi connectivity index (χ4v) is 7.84. The van der Waals surface area contributed by atoms with Gasteiger partial charge in [-0.05, 0) is 55.8 Å². The number of hydrogen-bond acceptors (Lipinski definition) is 10. The summed E-state index contributed by atoms with van der Waals surface area (Å²) < 4.78 is 17.0. The number of carbonyl (C=O) groups excluding carboxylic acids is 2. The lowest BCUT2D eigenvalue weighted by Crippen LogP contribution is -2.46. The zero-order valence-electron chi connectivity index (χ0n) is 28.0. The maximum absolute atomic E-state index is 14.1. The molecular weight excluding hydrogens is 675 g/mol. The first-order valence-electron chi connectivity index (χ1n) is 16.4.